The summed E-state index contributed by atoms with van der Waals surface area (Å²) >= 11 is 5.93. The maximum atomic E-state index is 12.3. The van der Waals surface area contributed by atoms with Crippen LogP contribution in [0.2, 0.25) is 5.02 Å². The lowest BCUT2D eigenvalue weighted by Gasteiger charge is -2.07. The predicted octanol–water partition coefficient (Wildman–Crippen LogP) is 2.96. The fraction of sp³-hybridized carbons (Fsp3) is 0.0667. The SMILES string of the molecule is O=C(Nc1cnccc1CO)c1cc2cc(Cl)ccc2[nH]1. The number of amides is 1. The van der Waals surface area contributed by atoms with Gasteiger partial charge in [0.2, 0.25) is 0 Å². The average Bonchev–Trinajstić information content (AvgIpc) is 2.91. The molecular formula is C15H12ClN3O2. The summed E-state index contributed by atoms with van der Waals surface area (Å²) in [5.41, 5.74) is 2.34. The molecule has 1 amide bonds. The third kappa shape index (κ3) is 2.74. The number of benzene rings is 1. The first-order valence-electron chi connectivity index (χ1n) is 6.31. The van der Waals surface area contributed by atoms with Gasteiger partial charge in [-0.2, -0.15) is 0 Å². The molecule has 3 aromatic rings. The van der Waals surface area contributed by atoms with Crippen LogP contribution in [0.3, 0.4) is 0 Å². The number of fused-ring (bicyclic) bond motifs is 1. The second-order valence-electron chi connectivity index (χ2n) is 4.56. The molecule has 0 atom stereocenters. The first-order valence-corrected chi connectivity index (χ1v) is 6.68. The number of aromatic amines is 1. The van der Waals surface area contributed by atoms with E-state index in [9.17, 15) is 9.90 Å². The zero-order valence-corrected chi connectivity index (χ0v) is 11.7. The largest absolute Gasteiger partial charge is 0.392 e. The Morgan fingerprint density at radius 1 is 1.33 bits per heavy atom. The van der Waals surface area contributed by atoms with Gasteiger partial charge in [0, 0.05) is 27.7 Å². The second-order valence-corrected chi connectivity index (χ2v) is 5.00. The molecule has 21 heavy (non-hydrogen) atoms. The summed E-state index contributed by atoms with van der Waals surface area (Å²) in [5, 5.41) is 13.4. The number of rotatable bonds is 3. The van der Waals surface area contributed by atoms with Crippen LogP contribution in [-0.2, 0) is 6.61 Å². The molecule has 5 nitrogen and oxygen atoms in total. The van der Waals surface area contributed by atoms with Crippen LogP contribution < -0.4 is 5.32 Å². The maximum Gasteiger partial charge on any atom is 0.272 e. The van der Waals surface area contributed by atoms with Crippen molar-refractivity contribution in [3.8, 4) is 0 Å². The number of H-pyrrole nitrogens is 1. The first kappa shape index (κ1) is 13.6. The summed E-state index contributed by atoms with van der Waals surface area (Å²) < 4.78 is 0. The first-order chi connectivity index (χ1) is 10.2. The minimum absolute atomic E-state index is 0.166. The van der Waals surface area contributed by atoms with Crippen LogP contribution in [0.1, 0.15) is 16.1 Å². The van der Waals surface area contributed by atoms with Gasteiger partial charge in [-0.25, -0.2) is 0 Å². The molecule has 6 heteroatoms. The van der Waals surface area contributed by atoms with Crippen molar-refractivity contribution in [1.29, 1.82) is 0 Å². The van der Waals surface area contributed by atoms with Crippen LogP contribution in [0.5, 0.6) is 0 Å². The van der Waals surface area contributed by atoms with Crippen molar-refractivity contribution in [2.45, 2.75) is 6.61 Å². The van der Waals surface area contributed by atoms with E-state index in [4.69, 9.17) is 11.6 Å². The summed E-state index contributed by atoms with van der Waals surface area (Å²) in [6.07, 6.45) is 3.06. The van der Waals surface area contributed by atoms with Crippen molar-refractivity contribution >= 4 is 34.1 Å². The van der Waals surface area contributed by atoms with E-state index in [-0.39, 0.29) is 12.5 Å². The number of carbonyl (C=O) groups is 1. The van der Waals surface area contributed by atoms with Crippen LogP contribution in [0, 0.1) is 0 Å². The molecular weight excluding hydrogens is 290 g/mol. The van der Waals surface area contributed by atoms with Gasteiger partial charge in [0.05, 0.1) is 18.5 Å². The fourth-order valence-corrected chi connectivity index (χ4v) is 2.27. The Kier molecular flexibility index (Phi) is 3.60. The van der Waals surface area contributed by atoms with Crippen molar-refractivity contribution in [2.75, 3.05) is 5.32 Å². The zero-order valence-electron chi connectivity index (χ0n) is 10.9. The van der Waals surface area contributed by atoms with Crippen molar-refractivity contribution in [1.82, 2.24) is 9.97 Å². The number of pyridine rings is 1. The molecule has 0 aliphatic rings. The minimum Gasteiger partial charge on any atom is -0.392 e. The van der Waals surface area contributed by atoms with E-state index >= 15 is 0 Å². The lowest BCUT2D eigenvalue weighted by Crippen LogP contribution is -2.13. The molecule has 0 aliphatic carbocycles. The average molecular weight is 302 g/mol. The van der Waals surface area contributed by atoms with E-state index < -0.39 is 0 Å². The molecule has 2 heterocycles. The van der Waals surface area contributed by atoms with Crippen LogP contribution in [-0.4, -0.2) is 21.0 Å². The van der Waals surface area contributed by atoms with E-state index in [1.807, 2.05) is 6.07 Å². The Hall–Kier alpha value is -2.37. The Balaban J connectivity index is 1.90. The lowest BCUT2D eigenvalue weighted by molar-refractivity contribution is 0.102. The van der Waals surface area contributed by atoms with E-state index in [2.05, 4.69) is 15.3 Å². The van der Waals surface area contributed by atoms with Crippen LogP contribution in [0.4, 0.5) is 5.69 Å². The van der Waals surface area contributed by atoms with Gasteiger partial charge in [-0.15, -0.1) is 0 Å². The number of halogens is 1. The zero-order chi connectivity index (χ0) is 14.8. The van der Waals surface area contributed by atoms with Crippen LogP contribution in [0.25, 0.3) is 10.9 Å². The van der Waals surface area contributed by atoms with Crippen molar-refractivity contribution in [2.24, 2.45) is 0 Å². The van der Waals surface area contributed by atoms with Gasteiger partial charge in [0.1, 0.15) is 5.69 Å². The molecule has 3 rings (SSSR count). The quantitative estimate of drug-likeness (QED) is 0.696. The predicted molar refractivity (Wildman–Crippen MR) is 81.4 cm³/mol. The molecule has 3 N–H and O–H groups in total. The number of anilines is 1. The minimum atomic E-state index is -0.301. The summed E-state index contributed by atoms with van der Waals surface area (Å²) in [5.74, 6) is -0.301. The molecule has 0 spiro atoms. The summed E-state index contributed by atoms with van der Waals surface area (Å²) in [4.78, 5) is 19.2. The standard InChI is InChI=1S/C15H12ClN3O2/c16-11-1-2-12-10(5-11)6-13(18-12)15(21)19-14-7-17-4-3-9(14)8-20/h1-7,18,20H,8H2,(H,19,21). The molecule has 0 radical (unpaired) electrons. The van der Waals surface area contributed by atoms with Crippen molar-refractivity contribution < 1.29 is 9.90 Å². The Labute approximate surface area is 125 Å². The highest BCUT2D eigenvalue weighted by Gasteiger charge is 2.12. The molecule has 0 saturated heterocycles. The van der Waals surface area contributed by atoms with Gasteiger partial charge in [-0.05, 0) is 30.3 Å². The van der Waals surface area contributed by atoms with Crippen molar-refractivity contribution in [3.05, 3.63) is 59.0 Å². The number of hydrogen-bond acceptors (Lipinski definition) is 3. The smallest absolute Gasteiger partial charge is 0.272 e. The van der Waals surface area contributed by atoms with E-state index in [1.165, 1.54) is 6.20 Å². The van der Waals surface area contributed by atoms with Gasteiger partial charge in [0.15, 0.2) is 0 Å². The molecule has 0 unspecified atom stereocenters. The Bertz CT molecular complexity index is 814. The summed E-state index contributed by atoms with van der Waals surface area (Å²) in [7, 11) is 0. The fourth-order valence-electron chi connectivity index (χ4n) is 2.09. The number of carbonyl (C=O) groups excluding carboxylic acids is 1. The van der Waals surface area contributed by atoms with Gasteiger partial charge in [0.25, 0.3) is 5.91 Å². The molecule has 1 aromatic carbocycles. The molecule has 0 bridgehead atoms. The highest BCUT2D eigenvalue weighted by Crippen LogP contribution is 2.21. The van der Waals surface area contributed by atoms with E-state index in [0.29, 0.717) is 22.0 Å². The summed E-state index contributed by atoms with van der Waals surface area (Å²) in [6.45, 7) is -0.166. The highest BCUT2D eigenvalue weighted by molar-refractivity contribution is 6.31. The topological polar surface area (TPSA) is 78.0 Å². The monoisotopic (exact) mass is 301 g/mol. The molecule has 0 saturated carbocycles. The van der Waals surface area contributed by atoms with Crippen LogP contribution in [0.15, 0.2) is 42.7 Å². The number of aromatic nitrogens is 2. The Morgan fingerprint density at radius 3 is 3.00 bits per heavy atom. The number of nitrogens with one attached hydrogen (secondary N) is 2. The van der Waals surface area contributed by atoms with Gasteiger partial charge in [-0.1, -0.05) is 11.6 Å². The third-order valence-corrected chi connectivity index (χ3v) is 3.39. The maximum absolute atomic E-state index is 12.3. The molecule has 0 fully saturated rings. The number of nitrogens with zero attached hydrogens (tertiary/aromatic N) is 1. The van der Waals surface area contributed by atoms with Crippen LogP contribution >= 0.6 is 11.6 Å². The lowest BCUT2D eigenvalue weighted by atomic mass is 10.2. The Morgan fingerprint density at radius 2 is 2.19 bits per heavy atom. The number of aliphatic hydroxyl groups excluding tert-OH is 1. The van der Waals surface area contributed by atoms with Crippen molar-refractivity contribution in [3.63, 3.8) is 0 Å². The number of hydrogen-bond donors (Lipinski definition) is 3. The third-order valence-electron chi connectivity index (χ3n) is 3.16. The number of aliphatic hydroxyl groups is 1. The molecule has 0 aliphatic heterocycles. The van der Waals surface area contributed by atoms with Gasteiger partial charge >= 0.3 is 0 Å². The van der Waals surface area contributed by atoms with E-state index in [0.717, 1.165) is 10.9 Å². The van der Waals surface area contributed by atoms with Gasteiger partial charge in [-0.3, -0.25) is 9.78 Å². The summed E-state index contributed by atoms with van der Waals surface area (Å²) in [6, 6.07) is 8.74. The van der Waals surface area contributed by atoms with E-state index in [1.54, 1.807) is 30.5 Å². The van der Waals surface area contributed by atoms with Gasteiger partial charge < -0.3 is 15.4 Å². The normalized spacial score (nSPS) is 10.8. The second kappa shape index (κ2) is 5.55. The highest BCUT2D eigenvalue weighted by atomic mass is 35.5. The molecule has 2 aromatic heterocycles. The molecule has 106 valence electrons.